The van der Waals surface area contributed by atoms with Gasteiger partial charge in [0.05, 0.1) is 22.8 Å². The maximum atomic E-state index is 16.6. The van der Waals surface area contributed by atoms with Crippen LogP contribution in [0.1, 0.15) is 30.9 Å². The van der Waals surface area contributed by atoms with Crippen molar-refractivity contribution in [3.8, 4) is 23.1 Å². The van der Waals surface area contributed by atoms with Crippen molar-refractivity contribution in [3.05, 3.63) is 28.8 Å². The van der Waals surface area contributed by atoms with E-state index in [1.54, 1.807) is 11.8 Å². The van der Waals surface area contributed by atoms with Crippen LogP contribution in [0.25, 0.3) is 22.2 Å². The first-order valence-corrected chi connectivity index (χ1v) is 14.6. The lowest BCUT2D eigenvalue weighted by molar-refractivity contribution is -0.137. The van der Waals surface area contributed by atoms with Gasteiger partial charge in [0.25, 0.3) is 0 Å². The summed E-state index contributed by atoms with van der Waals surface area (Å²) in [7, 11) is 0. The summed E-state index contributed by atoms with van der Waals surface area (Å²) in [6.07, 6.45) is -7.94. The Morgan fingerprint density at radius 2 is 1.82 bits per heavy atom. The summed E-state index contributed by atoms with van der Waals surface area (Å²) in [4.78, 5) is 16.6. The smallest absolute Gasteiger partial charge is 0.417 e. The molecule has 0 saturated carbocycles. The third kappa shape index (κ3) is 4.78. The van der Waals surface area contributed by atoms with E-state index in [-0.39, 0.29) is 61.7 Å². The van der Waals surface area contributed by atoms with Crippen LogP contribution in [0.4, 0.5) is 42.2 Å². The second-order valence-electron chi connectivity index (χ2n) is 12.3. The number of anilines is 2. The largest absolute Gasteiger partial charge is 0.472 e. The highest BCUT2D eigenvalue weighted by Crippen LogP contribution is 2.47. The molecular formula is C29H30F7N7O2. The molecule has 6 heterocycles. The van der Waals surface area contributed by atoms with Gasteiger partial charge in [0.1, 0.15) is 53.3 Å². The number of fused-ring (bicyclic) bond motifs is 3. The highest BCUT2D eigenvalue weighted by Gasteiger charge is 2.53. The molecule has 7 rings (SSSR count). The number of aromatic nitrogens is 3. The van der Waals surface area contributed by atoms with Crippen molar-refractivity contribution < 1.29 is 40.2 Å². The van der Waals surface area contributed by atoms with Crippen LogP contribution >= 0.6 is 0 Å². The second kappa shape index (κ2) is 10.4. The predicted molar refractivity (Wildman–Crippen MR) is 150 cm³/mol. The highest BCUT2D eigenvalue weighted by atomic mass is 19.4. The molecule has 0 bridgehead atoms. The molecular weight excluding hydrogens is 611 g/mol. The van der Waals surface area contributed by atoms with Gasteiger partial charge < -0.3 is 25.4 Å². The van der Waals surface area contributed by atoms with Crippen LogP contribution in [0, 0.1) is 18.6 Å². The molecule has 0 unspecified atom stereocenters. The first-order chi connectivity index (χ1) is 21.3. The van der Waals surface area contributed by atoms with Crippen LogP contribution in [0.5, 0.6) is 11.9 Å². The van der Waals surface area contributed by atoms with Crippen LogP contribution < -0.4 is 25.4 Å². The molecule has 3 fully saturated rings. The van der Waals surface area contributed by atoms with Gasteiger partial charge in [-0.2, -0.15) is 23.1 Å². The number of alkyl halides is 5. The van der Waals surface area contributed by atoms with E-state index < -0.39 is 75.4 Å². The predicted octanol–water partition coefficient (Wildman–Crippen LogP) is 4.34. The molecule has 4 atom stereocenters. The van der Waals surface area contributed by atoms with E-state index in [0.29, 0.717) is 25.7 Å². The Labute approximate surface area is 252 Å². The molecule has 0 spiro atoms. The summed E-state index contributed by atoms with van der Waals surface area (Å²) in [5.74, 6) is -2.55. The van der Waals surface area contributed by atoms with Crippen LogP contribution in [0.15, 0.2) is 6.07 Å². The fraction of sp³-hybridized carbons (Fsp3) is 0.552. The number of ether oxygens (including phenoxy) is 2. The minimum Gasteiger partial charge on any atom is -0.472 e. The first-order valence-electron chi connectivity index (χ1n) is 14.6. The monoisotopic (exact) mass is 641 g/mol. The number of nitrogen functional groups attached to an aromatic ring is 1. The van der Waals surface area contributed by atoms with E-state index in [0.717, 1.165) is 6.92 Å². The fourth-order valence-electron chi connectivity index (χ4n) is 7.32. The molecule has 4 aliphatic heterocycles. The molecule has 3 aromatic rings. The van der Waals surface area contributed by atoms with Gasteiger partial charge >= 0.3 is 12.2 Å². The van der Waals surface area contributed by atoms with Gasteiger partial charge in [-0.25, -0.2) is 22.5 Å². The van der Waals surface area contributed by atoms with Crippen LogP contribution in [0.3, 0.4) is 0 Å². The first kappa shape index (κ1) is 30.0. The normalized spacial score (nSPS) is 26.0. The molecule has 3 saturated heterocycles. The summed E-state index contributed by atoms with van der Waals surface area (Å²) in [5.41, 5.74) is -0.131. The molecule has 0 amide bonds. The van der Waals surface area contributed by atoms with E-state index in [1.165, 1.54) is 0 Å². The van der Waals surface area contributed by atoms with Gasteiger partial charge in [0, 0.05) is 51.1 Å². The van der Waals surface area contributed by atoms with Crippen LogP contribution in [-0.4, -0.2) is 89.2 Å². The molecule has 16 heteroatoms. The lowest BCUT2D eigenvalue weighted by Gasteiger charge is -2.38. The van der Waals surface area contributed by atoms with Gasteiger partial charge in [-0.05, 0) is 25.5 Å². The summed E-state index contributed by atoms with van der Waals surface area (Å²) in [6.45, 7) is 3.99. The Hall–Kier alpha value is -3.66. The van der Waals surface area contributed by atoms with Crippen molar-refractivity contribution in [1.29, 1.82) is 0 Å². The molecule has 9 nitrogen and oxygen atoms in total. The topological polar surface area (TPSA) is 102 Å². The third-order valence-corrected chi connectivity index (χ3v) is 9.35. The van der Waals surface area contributed by atoms with Crippen molar-refractivity contribution in [2.24, 2.45) is 0 Å². The Morgan fingerprint density at radius 3 is 2.51 bits per heavy atom. The number of nitrogens with one attached hydrogen (secondary N) is 1. The van der Waals surface area contributed by atoms with Gasteiger partial charge in [0.2, 0.25) is 5.88 Å². The number of halogens is 7. The third-order valence-electron chi connectivity index (χ3n) is 9.35. The second-order valence-corrected chi connectivity index (χ2v) is 12.3. The molecule has 45 heavy (non-hydrogen) atoms. The molecule has 242 valence electrons. The fourth-order valence-corrected chi connectivity index (χ4v) is 7.32. The van der Waals surface area contributed by atoms with Crippen LogP contribution in [0.2, 0.25) is 0 Å². The zero-order chi connectivity index (χ0) is 32.0. The summed E-state index contributed by atoms with van der Waals surface area (Å²) < 4.78 is 115. The van der Waals surface area contributed by atoms with Crippen molar-refractivity contribution in [2.45, 2.75) is 62.9 Å². The van der Waals surface area contributed by atoms with Crippen molar-refractivity contribution in [1.82, 2.24) is 25.2 Å². The maximum Gasteiger partial charge on any atom is 0.417 e. The number of pyridine rings is 1. The Balaban J connectivity index is 1.42. The van der Waals surface area contributed by atoms with Crippen molar-refractivity contribution in [3.63, 3.8) is 0 Å². The van der Waals surface area contributed by atoms with E-state index in [1.807, 2.05) is 4.90 Å². The average molecular weight is 642 g/mol. The Kier molecular flexibility index (Phi) is 6.96. The van der Waals surface area contributed by atoms with Gasteiger partial charge in [0.15, 0.2) is 5.82 Å². The summed E-state index contributed by atoms with van der Waals surface area (Å²) >= 11 is 0. The summed E-state index contributed by atoms with van der Waals surface area (Å²) in [5, 5.41) is 3.28. The molecule has 2 aromatic heterocycles. The Bertz CT molecular complexity index is 1680. The summed E-state index contributed by atoms with van der Waals surface area (Å²) in [6, 6.07) is 0.0331. The quantitative estimate of drug-likeness (QED) is 0.318. The number of nitrogens with two attached hydrogens (primary N) is 1. The van der Waals surface area contributed by atoms with E-state index in [2.05, 4.69) is 20.3 Å². The van der Waals surface area contributed by atoms with E-state index >= 15 is 4.39 Å². The van der Waals surface area contributed by atoms with Gasteiger partial charge in [-0.1, -0.05) is 0 Å². The number of benzene rings is 1. The molecule has 0 radical (unpaired) electrons. The number of hydrogen-bond acceptors (Lipinski definition) is 9. The molecule has 4 aliphatic rings. The number of rotatable bonds is 4. The van der Waals surface area contributed by atoms with Gasteiger partial charge in [-0.3, -0.25) is 4.90 Å². The highest BCUT2D eigenvalue weighted by molar-refractivity contribution is 5.97. The van der Waals surface area contributed by atoms with E-state index in [9.17, 15) is 26.3 Å². The minimum atomic E-state index is -5.09. The number of hydrogen-bond donors (Lipinski definition) is 2. The standard InChI is InChI=1S/C29H30F7N7O2/c1-12-20(29(34,35)36)16(5-17(37)21(12)32)23-22(33)24-19-25(43-4-3-38-8-18(43)13(2)45-26(19)39-23)41-27(40-24)44-11-28-6-14(30)9-42(28)10-15(31)7-28/h5,13-15,18,38H,3-4,6-11,37H2,1-2H3/t13-,14+,15+,18-/m0/s1. The number of nitrogens with zero attached hydrogens (tertiary/aromatic N) is 5. The maximum absolute atomic E-state index is 16.6. The minimum absolute atomic E-state index is 0.0226. The zero-order valence-corrected chi connectivity index (χ0v) is 24.3. The number of piperazine rings is 1. The van der Waals surface area contributed by atoms with Crippen molar-refractivity contribution in [2.75, 3.05) is 50.0 Å². The van der Waals surface area contributed by atoms with Gasteiger partial charge in [-0.15, -0.1) is 0 Å². The lowest BCUT2D eigenvalue weighted by atomic mass is 9.94. The van der Waals surface area contributed by atoms with Crippen molar-refractivity contribution >= 4 is 22.4 Å². The molecule has 3 N–H and O–H groups in total. The Morgan fingerprint density at radius 1 is 1.11 bits per heavy atom. The SMILES string of the molecule is Cc1c(F)c(N)cc(-c2nc3c4c(nc(OCC56C[C@@H](F)CN5C[C@H](F)C6)nc4c2F)N2CCNC[C@H]2[C@H](C)O3)c1C(F)(F)F. The van der Waals surface area contributed by atoms with Crippen LogP contribution in [-0.2, 0) is 6.18 Å². The average Bonchev–Trinajstić information content (AvgIpc) is 3.40. The van der Waals surface area contributed by atoms with E-state index in [4.69, 9.17) is 15.2 Å². The lowest BCUT2D eigenvalue weighted by Crippen LogP contribution is -2.56. The molecule has 1 aromatic carbocycles. The molecule has 0 aliphatic carbocycles. The zero-order valence-electron chi connectivity index (χ0n) is 24.3.